The Labute approximate surface area is 163 Å². The third-order valence-corrected chi connectivity index (χ3v) is 4.74. The van der Waals surface area contributed by atoms with Crippen LogP contribution in [-0.4, -0.2) is 38.6 Å². The number of nitrogens with zero attached hydrogens (tertiary/aromatic N) is 2. The number of hydrogen-bond acceptors (Lipinski definition) is 6. The van der Waals surface area contributed by atoms with Crippen LogP contribution in [0, 0.1) is 0 Å². The van der Waals surface area contributed by atoms with Crippen molar-refractivity contribution in [1.82, 2.24) is 0 Å². The molecule has 2 aliphatic rings. The van der Waals surface area contributed by atoms with Crippen molar-refractivity contribution in [3.05, 3.63) is 59.5 Å². The molecule has 28 heavy (non-hydrogen) atoms. The average Bonchev–Trinajstić information content (AvgIpc) is 2.94. The molecule has 2 aliphatic heterocycles. The molecular weight excluding hydrogens is 360 g/mol. The lowest BCUT2D eigenvalue weighted by molar-refractivity contribution is -0.139. The van der Waals surface area contributed by atoms with Crippen LogP contribution in [0.5, 0.6) is 0 Å². The summed E-state index contributed by atoms with van der Waals surface area (Å²) in [5.41, 5.74) is 2.64. The Kier molecular flexibility index (Phi) is 5.63. The van der Waals surface area contributed by atoms with Crippen molar-refractivity contribution in [2.75, 3.05) is 30.6 Å². The normalized spacial score (nSPS) is 15.8. The first kappa shape index (κ1) is 19.4. The predicted molar refractivity (Wildman–Crippen MR) is 105 cm³/mol. The zero-order valence-corrected chi connectivity index (χ0v) is 16.1. The summed E-state index contributed by atoms with van der Waals surface area (Å²) < 4.78 is 9.75. The molecule has 7 heteroatoms. The van der Waals surface area contributed by atoms with E-state index >= 15 is 0 Å². The molecule has 0 atom stereocenters. The highest BCUT2D eigenvalue weighted by Crippen LogP contribution is 2.34. The summed E-state index contributed by atoms with van der Waals surface area (Å²) in [6, 6.07) is 5.65. The molecule has 0 aromatic heterocycles. The van der Waals surface area contributed by atoms with Crippen molar-refractivity contribution >= 4 is 29.2 Å². The number of esters is 2. The molecule has 7 nitrogen and oxygen atoms in total. The maximum atomic E-state index is 12.5. The van der Waals surface area contributed by atoms with Crippen LogP contribution in [0.4, 0.5) is 11.4 Å². The predicted octanol–water partition coefficient (Wildman–Crippen LogP) is 2.48. The molecule has 0 bridgehead atoms. The summed E-state index contributed by atoms with van der Waals surface area (Å²) in [4.78, 5) is 40.1. The van der Waals surface area contributed by atoms with E-state index in [1.807, 2.05) is 18.2 Å². The van der Waals surface area contributed by atoms with Gasteiger partial charge in [0.2, 0.25) is 5.91 Å². The van der Waals surface area contributed by atoms with Crippen molar-refractivity contribution in [1.29, 1.82) is 0 Å². The van der Waals surface area contributed by atoms with Crippen LogP contribution in [0.15, 0.2) is 53.9 Å². The number of aryl methyl sites for hydroxylation is 1. The fraction of sp³-hybridized carbons (Fsp3) is 0.286. The maximum absolute atomic E-state index is 12.5. The first-order valence-electron chi connectivity index (χ1n) is 8.94. The quantitative estimate of drug-likeness (QED) is 0.748. The molecule has 2 heterocycles. The number of anilines is 2. The van der Waals surface area contributed by atoms with E-state index in [-0.39, 0.29) is 17.2 Å². The zero-order valence-electron chi connectivity index (χ0n) is 16.1. The van der Waals surface area contributed by atoms with Gasteiger partial charge in [-0.3, -0.25) is 4.79 Å². The van der Waals surface area contributed by atoms with Gasteiger partial charge < -0.3 is 19.3 Å². The minimum absolute atomic E-state index is 0.0369. The maximum Gasteiger partial charge on any atom is 0.355 e. The van der Waals surface area contributed by atoms with E-state index in [9.17, 15) is 14.4 Å². The van der Waals surface area contributed by atoms with Crippen molar-refractivity contribution < 1.29 is 23.9 Å². The number of rotatable bonds is 3. The van der Waals surface area contributed by atoms with Crippen LogP contribution in [0.3, 0.4) is 0 Å². The lowest BCUT2D eigenvalue weighted by Gasteiger charge is -2.31. The van der Waals surface area contributed by atoms with Crippen molar-refractivity contribution in [3.63, 3.8) is 0 Å². The summed E-state index contributed by atoms with van der Waals surface area (Å²) in [6.45, 7) is 2.18. The van der Waals surface area contributed by atoms with E-state index in [0.29, 0.717) is 12.2 Å². The molecule has 0 N–H and O–H groups in total. The lowest BCUT2D eigenvalue weighted by atomic mass is 10.0. The van der Waals surface area contributed by atoms with Gasteiger partial charge in [-0.15, -0.1) is 0 Å². The largest absolute Gasteiger partial charge is 0.465 e. The second-order valence-corrected chi connectivity index (χ2v) is 6.40. The summed E-state index contributed by atoms with van der Waals surface area (Å²) in [7, 11) is 2.51. The second-order valence-electron chi connectivity index (χ2n) is 6.40. The van der Waals surface area contributed by atoms with Gasteiger partial charge in [-0.2, -0.15) is 0 Å². The number of benzene rings is 1. The SMILES string of the molecule is COC(=O)C1=C(C(=O)OC)N(c2ccc3c(c2)N(C(C)=O)CCC3)C=CC=C1. The molecule has 0 unspecified atom stereocenters. The monoisotopic (exact) mass is 382 g/mol. The molecule has 0 radical (unpaired) electrons. The molecule has 0 fully saturated rings. The van der Waals surface area contributed by atoms with Gasteiger partial charge in [-0.1, -0.05) is 12.1 Å². The first-order valence-corrected chi connectivity index (χ1v) is 8.94. The Bertz CT molecular complexity index is 913. The minimum atomic E-state index is -0.669. The van der Waals surface area contributed by atoms with Gasteiger partial charge in [-0.25, -0.2) is 9.59 Å². The highest BCUT2D eigenvalue weighted by Gasteiger charge is 2.29. The standard InChI is InChI=1S/C21H22N2O5/c1-14(24)22-12-6-7-15-9-10-16(13-18(15)22)23-11-5-4-8-17(20(25)27-2)19(23)21(26)28-3/h4-5,8-11,13H,6-7,12H2,1-3H3. The third-order valence-electron chi connectivity index (χ3n) is 4.74. The number of methoxy groups -OCH3 is 2. The molecule has 1 aromatic carbocycles. The lowest BCUT2D eigenvalue weighted by Crippen LogP contribution is -2.34. The van der Waals surface area contributed by atoms with E-state index in [1.165, 1.54) is 27.2 Å². The van der Waals surface area contributed by atoms with Crippen LogP contribution >= 0.6 is 0 Å². The van der Waals surface area contributed by atoms with E-state index in [0.717, 1.165) is 24.1 Å². The number of carbonyl (C=O) groups excluding carboxylic acids is 3. The van der Waals surface area contributed by atoms with Gasteiger partial charge in [0.05, 0.1) is 19.8 Å². The number of hydrogen-bond donors (Lipinski definition) is 0. The van der Waals surface area contributed by atoms with Crippen LogP contribution in [0.2, 0.25) is 0 Å². The molecular formula is C21H22N2O5. The van der Waals surface area contributed by atoms with Crippen molar-refractivity contribution in [3.8, 4) is 0 Å². The molecule has 1 aromatic rings. The number of carbonyl (C=O) groups is 3. The highest BCUT2D eigenvalue weighted by molar-refractivity contribution is 6.05. The summed E-state index contributed by atoms with van der Waals surface area (Å²) >= 11 is 0. The van der Waals surface area contributed by atoms with Crippen LogP contribution in [0.1, 0.15) is 18.9 Å². The van der Waals surface area contributed by atoms with Crippen LogP contribution in [0.25, 0.3) is 0 Å². The number of fused-ring (bicyclic) bond motifs is 1. The van der Waals surface area contributed by atoms with Gasteiger partial charge in [0.1, 0.15) is 5.70 Å². The van der Waals surface area contributed by atoms with Crippen molar-refractivity contribution in [2.45, 2.75) is 19.8 Å². The van der Waals surface area contributed by atoms with Gasteiger partial charge in [0.25, 0.3) is 0 Å². The van der Waals surface area contributed by atoms with Gasteiger partial charge in [-0.05, 0) is 42.7 Å². The van der Waals surface area contributed by atoms with E-state index in [4.69, 9.17) is 9.47 Å². The fourth-order valence-corrected chi connectivity index (χ4v) is 3.41. The van der Waals surface area contributed by atoms with E-state index < -0.39 is 11.9 Å². The van der Waals surface area contributed by atoms with E-state index in [1.54, 1.807) is 28.2 Å². The number of amides is 1. The average molecular weight is 382 g/mol. The summed E-state index contributed by atoms with van der Waals surface area (Å²) in [5.74, 6) is -1.35. The van der Waals surface area contributed by atoms with E-state index in [2.05, 4.69) is 0 Å². The Balaban J connectivity index is 2.15. The Hall–Kier alpha value is -3.35. The summed E-state index contributed by atoms with van der Waals surface area (Å²) in [5, 5.41) is 0. The van der Waals surface area contributed by atoms with Crippen molar-refractivity contribution in [2.24, 2.45) is 0 Å². The molecule has 1 amide bonds. The molecule has 0 saturated heterocycles. The van der Waals surface area contributed by atoms with Gasteiger partial charge in [0, 0.05) is 31.0 Å². The zero-order chi connectivity index (χ0) is 20.3. The minimum Gasteiger partial charge on any atom is -0.465 e. The fourth-order valence-electron chi connectivity index (χ4n) is 3.41. The third kappa shape index (κ3) is 3.55. The van der Waals surface area contributed by atoms with Crippen LogP contribution in [-0.2, 0) is 30.3 Å². The Morgan fingerprint density at radius 3 is 2.46 bits per heavy atom. The molecule has 0 saturated carbocycles. The summed E-state index contributed by atoms with van der Waals surface area (Å²) in [6.07, 6.45) is 8.32. The number of ether oxygens (including phenoxy) is 2. The van der Waals surface area contributed by atoms with Gasteiger partial charge in [0.15, 0.2) is 0 Å². The van der Waals surface area contributed by atoms with Crippen LogP contribution < -0.4 is 9.80 Å². The second kappa shape index (κ2) is 8.12. The Morgan fingerprint density at radius 1 is 1.04 bits per heavy atom. The molecule has 146 valence electrons. The first-order chi connectivity index (χ1) is 13.5. The molecule has 3 rings (SSSR count). The highest BCUT2D eigenvalue weighted by atomic mass is 16.5. The molecule has 0 aliphatic carbocycles. The number of allylic oxidation sites excluding steroid dienone is 2. The topological polar surface area (TPSA) is 76.2 Å². The molecule has 0 spiro atoms. The Morgan fingerprint density at radius 2 is 1.79 bits per heavy atom. The smallest absolute Gasteiger partial charge is 0.355 e. The van der Waals surface area contributed by atoms with Gasteiger partial charge >= 0.3 is 11.9 Å².